The molecule has 1 fully saturated rings. The van der Waals surface area contributed by atoms with Crippen molar-refractivity contribution in [3.05, 3.63) is 35.4 Å². The molecule has 1 aliphatic heterocycles. The first-order valence-corrected chi connectivity index (χ1v) is 5.69. The van der Waals surface area contributed by atoms with Gasteiger partial charge in [0.2, 0.25) is 0 Å². The number of nitrogens with one attached hydrogen (secondary N) is 2. The van der Waals surface area contributed by atoms with E-state index in [9.17, 15) is 0 Å². The summed E-state index contributed by atoms with van der Waals surface area (Å²) < 4.78 is 0. The minimum absolute atomic E-state index is 0.283. The van der Waals surface area contributed by atoms with E-state index < -0.39 is 0 Å². The van der Waals surface area contributed by atoms with Crippen LogP contribution in [-0.2, 0) is 6.54 Å². The second kappa shape index (κ2) is 4.33. The second-order valence-electron chi connectivity index (χ2n) is 4.83. The van der Waals surface area contributed by atoms with Gasteiger partial charge in [-0.05, 0) is 32.4 Å². The highest BCUT2D eigenvalue weighted by Gasteiger charge is 2.27. The van der Waals surface area contributed by atoms with E-state index in [1.807, 2.05) is 0 Å². The Morgan fingerprint density at radius 2 is 2.07 bits per heavy atom. The van der Waals surface area contributed by atoms with Gasteiger partial charge in [-0.3, -0.25) is 0 Å². The molecule has 1 aromatic rings. The summed E-state index contributed by atoms with van der Waals surface area (Å²) in [6.45, 7) is 7.61. The summed E-state index contributed by atoms with van der Waals surface area (Å²) in [6, 6.07) is 8.75. The number of hydrogen-bond acceptors (Lipinski definition) is 2. The molecule has 2 nitrogen and oxygen atoms in total. The molecule has 1 aliphatic rings. The van der Waals surface area contributed by atoms with Gasteiger partial charge in [-0.2, -0.15) is 0 Å². The maximum absolute atomic E-state index is 3.63. The Hall–Kier alpha value is -0.860. The smallest absolute Gasteiger partial charge is 0.0293 e. The molecule has 0 spiro atoms. The number of benzene rings is 1. The normalized spacial score (nSPS) is 25.7. The SMILES string of the molecule is Cc1ccc(CNC2(C)CCNC2)cc1. The molecule has 0 radical (unpaired) electrons. The average molecular weight is 204 g/mol. The summed E-state index contributed by atoms with van der Waals surface area (Å²) in [6.07, 6.45) is 1.22. The molecule has 1 saturated heterocycles. The van der Waals surface area contributed by atoms with Crippen LogP contribution in [0.25, 0.3) is 0 Å². The maximum Gasteiger partial charge on any atom is 0.0293 e. The molecule has 1 atom stereocenters. The van der Waals surface area contributed by atoms with E-state index in [1.54, 1.807) is 0 Å². The van der Waals surface area contributed by atoms with Crippen LogP contribution in [0.3, 0.4) is 0 Å². The highest BCUT2D eigenvalue weighted by molar-refractivity contribution is 5.21. The zero-order chi connectivity index (χ0) is 10.7. The average Bonchev–Trinajstić information content (AvgIpc) is 2.65. The third kappa shape index (κ3) is 2.80. The Labute approximate surface area is 92.1 Å². The number of rotatable bonds is 3. The summed E-state index contributed by atoms with van der Waals surface area (Å²) in [5.41, 5.74) is 2.98. The Bertz CT molecular complexity index is 310. The van der Waals surface area contributed by atoms with Crippen molar-refractivity contribution in [2.24, 2.45) is 0 Å². The third-order valence-corrected chi connectivity index (χ3v) is 3.21. The molecule has 0 aromatic heterocycles. The van der Waals surface area contributed by atoms with Gasteiger partial charge in [0.15, 0.2) is 0 Å². The molecule has 0 amide bonds. The van der Waals surface area contributed by atoms with Crippen LogP contribution in [0.2, 0.25) is 0 Å². The fourth-order valence-electron chi connectivity index (χ4n) is 1.99. The van der Waals surface area contributed by atoms with Crippen LogP contribution < -0.4 is 10.6 Å². The Kier molecular flexibility index (Phi) is 3.08. The molecule has 2 rings (SSSR count). The van der Waals surface area contributed by atoms with Gasteiger partial charge in [-0.25, -0.2) is 0 Å². The van der Waals surface area contributed by atoms with Crippen molar-refractivity contribution in [2.75, 3.05) is 13.1 Å². The number of hydrogen-bond donors (Lipinski definition) is 2. The van der Waals surface area contributed by atoms with Gasteiger partial charge in [-0.1, -0.05) is 29.8 Å². The first-order chi connectivity index (χ1) is 7.18. The van der Waals surface area contributed by atoms with Crippen LogP contribution in [0.15, 0.2) is 24.3 Å². The van der Waals surface area contributed by atoms with Crippen LogP contribution in [-0.4, -0.2) is 18.6 Å². The lowest BCUT2D eigenvalue weighted by atomic mass is 10.0. The minimum atomic E-state index is 0.283. The van der Waals surface area contributed by atoms with E-state index in [2.05, 4.69) is 48.7 Å². The topological polar surface area (TPSA) is 24.1 Å². The Morgan fingerprint density at radius 3 is 2.67 bits per heavy atom. The predicted octanol–water partition coefficient (Wildman–Crippen LogP) is 1.84. The standard InChI is InChI=1S/C13H20N2/c1-11-3-5-12(6-4-11)9-15-13(2)7-8-14-10-13/h3-6,14-15H,7-10H2,1-2H3. The van der Waals surface area contributed by atoms with E-state index in [1.165, 1.54) is 17.5 Å². The van der Waals surface area contributed by atoms with Crippen LogP contribution in [0, 0.1) is 6.92 Å². The van der Waals surface area contributed by atoms with Crippen molar-refractivity contribution >= 4 is 0 Å². The second-order valence-corrected chi connectivity index (χ2v) is 4.83. The van der Waals surface area contributed by atoms with Crippen LogP contribution in [0.5, 0.6) is 0 Å². The van der Waals surface area contributed by atoms with Gasteiger partial charge >= 0.3 is 0 Å². The fourth-order valence-corrected chi connectivity index (χ4v) is 1.99. The molecule has 0 bridgehead atoms. The Balaban J connectivity index is 1.90. The molecule has 0 aliphatic carbocycles. The van der Waals surface area contributed by atoms with E-state index in [0.717, 1.165) is 19.6 Å². The summed E-state index contributed by atoms with van der Waals surface area (Å²) >= 11 is 0. The van der Waals surface area contributed by atoms with Crippen molar-refractivity contribution in [2.45, 2.75) is 32.4 Å². The zero-order valence-corrected chi connectivity index (χ0v) is 9.64. The number of aryl methyl sites for hydroxylation is 1. The molecule has 82 valence electrons. The zero-order valence-electron chi connectivity index (χ0n) is 9.64. The molecule has 1 heterocycles. The summed E-state index contributed by atoms with van der Waals surface area (Å²) in [4.78, 5) is 0. The van der Waals surface area contributed by atoms with Crippen molar-refractivity contribution in [1.29, 1.82) is 0 Å². The molecular weight excluding hydrogens is 184 g/mol. The molecular formula is C13H20N2. The lowest BCUT2D eigenvalue weighted by Gasteiger charge is -2.24. The van der Waals surface area contributed by atoms with E-state index in [-0.39, 0.29) is 5.54 Å². The minimum Gasteiger partial charge on any atom is -0.315 e. The lowest BCUT2D eigenvalue weighted by Crippen LogP contribution is -2.43. The van der Waals surface area contributed by atoms with E-state index in [0.29, 0.717) is 0 Å². The largest absolute Gasteiger partial charge is 0.315 e. The van der Waals surface area contributed by atoms with Crippen molar-refractivity contribution < 1.29 is 0 Å². The molecule has 1 unspecified atom stereocenters. The van der Waals surface area contributed by atoms with Crippen molar-refractivity contribution in [1.82, 2.24) is 10.6 Å². The molecule has 0 saturated carbocycles. The molecule has 15 heavy (non-hydrogen) atoms. The Morgan fingerprint density at radius 1 is 1.33 bits per heavy atom. The van der Waals surface area contributed by atoms with Crippen LogP contribution in [0.4, 0.5) is 0 Å². The predicted molar refractivity (Wildman–Crippen MR) is 63.9 cm³/mol. The van der Waals surface area contributed by atoms with Crippen molar-refractivity contribution in [3.63, 3.8) is 0 Å². The summed E-state index contributed by atoms with van der Waals surface area (Å²) in [7, 11) is 0. The van der Waals surface area contributed by atoms with Crippen LogP contribution >= 0.6 is 0 Å². The van der Waals surface area contributed by atoms with E-state index in [4.69, 9.17) is 0 Å². The maximum atomic E-state index is 3.63. The van der Waals surface area contributed by atoms with Gasteiger partial charge in [-0.15, -0.1) is 0 Å². The van der Waals surface area contributed by atoms with Gasteiger partial charge in [0.05, 0.1) is 0 Å². The van der Waals surface area contributed by atoms with Gasteiger partial charge in [0.1, 0.15) is 0 Å². The van der Waals surface area contributed by atoms with E-state index >= 15 is 0 Å². The summed E-state index contributed by atoms with van der Waals surface area (Å²) in [5, 5.41) is 7.03. The van der Waals surface area contributed by atoms with Crippen LogP contribution in [0.1, 0.15) is 24.5 Å². The van der Waals surface area contributed by atoms with Gasteiger partial charge < -0.3 is 10.6 Å². The quantitative estimate of drug-likeness (QED) is 0.785. The third-order valence-electron chi connectivity index (χ3n) is 3.21. The lowest BCUT2D eigenvalue weighted by molar-refractivity contribution is 0.386. The first-order valence-electron chi connectivity index (χ1n) is 5.69. The highest BCUT2D eigenvalue weighted by Crippen LogP contribution is 2.14. The van der Waals surface area contributed by atoms with Gasteiger partial charge in [0.25, 0.3) is 0 Å². The fraction of sp³-hybridized carbons (Fsp3) is 0.538. The van der Waals surface area contributed by atoms with Gasteiger partial charge in [0, 0.05) is 18.6 Å². The van der Waals surface area contributed by atoms with Crippen molar-refractivity contribution in [3.8, 4) is 0 Å². The molecule has 2 heteroatoms. The molecule has 2 N–H and O–H groups in total. The first kappa shape index (κ1) is 10.7. The summed E-state index contributed by atoms with van der Waals surface area (Å²) in [5.74, 6) is 0. The highest BCUT2D eigenvalue weighted by atomic mass is 15.1. The monoisotopic (exact) mass is 204 g/mol. The molecule has 1 aromatic carbocycles.